The lowest BCUT2D eigenvalue weighted by Crippen LogP contribution is -2.28. The number of carbonyl (C=O) groups is 1. The van der Waals surface area contributed by atoms with Crippen LogP contribution < -0.4 is 14.2 Å². The first-order valence-electron chi connectivity index (χ1n) is 7.45. The van der Waals surface area contributed by atoms with Gasteiger partial charge in [-0.05, 0) is 60.1 Å². The summed E-state index contributed by atoms with van der Waals surface area (Å²) in [7, 11) is 0. The van der Waals surface area contributed by atoms with Crippen molar-refractivity contribution in [3.63, 3.8) is 0 Å². The van der Waals surface area contributed by atoms with Gasteiger partial charge < -0.3 is 14.2 Å². The molecule has 2 rings (SSSR count). The van der Waals surface area contributed by atoms with Gasteiger partial charge in [-0.25, -0.2) is 4.79 Å². The lowest BCUT2D eigenvalue weighted by Gasteiger charge is -2.16. The van der Waals surface area contributed by atoms with Crippen LogP contribution in [0, 0.1) is 11.3 Å². The van der Waals surface area contributed by atoms with Crippen molar-refractivity contribution < 1.29 is 19.0 Å². The average molecular weight is 469 g/mol. The first-order valence-corrected chi connectivity index (χ1v) is 9.03. The van der Waals surface area contributed by atoms with Crippen LogP contribution >= 0.6 is 31.9 Å². The van der Waals surface area contributed by atoms with Gasteiger partial charge in [-0.3, -0.25) is 0 Å². The van der Waals surface area contributed by atoms with Gasteiger partial charge in [0.25, 0.3) is 0 Å². The second-order valence-corrected chi connectivity index (χ2v) is 6.74. The van der Waals surface area contributed by atoms with Crippen molar-refractivity contribution in [3.05, 3.63) is 50.9 Å². The number of nitriles is 1. The van der Waals surface area contributed by atoms with Gasteiger partial charge in [0.1, 0.15) is 5.75 Å². The second-order valence-electron chi connectivity index (χ2n) is 4.97. The topological polar surface area (TPSA) is 68.5 Å². The Bertz CT molecular complexity index is 800. The van der Waals surface area contributed by atoms with E-state index in [2.05, 4.69) is 31.9 Å². The van der Waals surface area contributed by atoms with Gasteiger partial charge >= 0.3 is 5.97 Å². The molecular formula is C18H15Br2NO4. The van der Waals surface area contributed by atoms with Gasteiger partial charge in [-0.15, -0.1) is 0 Å². The summed E-state index contributed by atoms with van der Waals surface area (Å²) in [4.78, 5) is 12.3. The van der Waals surface area contributed by atoms with Gasteiger partial charge in [0.15, 0.2) is 17.6 Å². The molecule has 5 nitrogen and oxygen atoms in total. The summed E-state index contributed by atoms with van der Waals surface area (Å²) in [6.07, 6.45) is -0.821. The molecule has 0 aliphatic heterocycles. The lowest BCUT2D eigenvalue weighted by atomic mass is 10.2. The third kappa shape index (κ3) is 5.21. The maximum absolute atomic E-state index is 12.3. The van der Waals surface area contributed by atoms with Crippen LogP contribution in [0.25, 0.3) is 0 Å². The van der Waals surface area contributed by atoms with Crippen LogP contribution in [-0.2, 0) is 4.79 Å². The number of hydrogen-bond donors (Lipinski definition) is 0. The Morgan fingerprint density at radius 2 is 1.92 bits per heavy atom. The molecule has 0 aliphatic carbocycles. The summed E-state index contributed by atoms with van der Waals surface area (Å²) in [5.74, 6) is 0.514. The number of esters is 1. The fourth-order valence-corrected chi connectivity index (χ4v) is 2.73. The highest BCUT2D eigenvalue weighted by Gasteiger charge is 2.22. The van der Waals surface area contributed by atoms with Gasteiger partial charge in [0, 0.05) is 10.5 Å². The van der Waals surface area contributed by atoms with Crippen molar-refractivity contribution in [2.45, 2.75) is 20.0 Å². The minimum absolute atomic E-state index is 0.220. The first kappa shape index (κ1) is 19.3. The monoisotopic (exact) mass is 467 g/mol. The van der Waals surface area contributed by atoms with Crippen LogP contribution in [-0.4, -0.2) is 18.7 Å². The summed E-state index contributed by atoms with van der Waals surface area (Å²) < 4.78 is 17.9. The van der Waals surface area contributed by atoms with Crippen molar-refractivity contribution in [3.8, 4) is 23.3 Å². The van der Waals surface area contributed by atoms with Crippen LogP contribution in [0.4, 0.5) is 0 Å². The molecule has 1 atom stereocenters. The molecule has 130 valence electrons. The molecule has 2 aromatic carbocycles. The molecule has 0 radical (unpaired) electrons. The lowest BCUT2D eigenvalue weighted by molar-refractivity contribution is -0.141. The largest absolute Gasteiger partial charge is 0.490 e. The van der Waals surface area contributed by atoms with Crippen molar-refractivity contribution in [2.24, 2.45) is 0 Å². The molecule has 0 bridgehead atoms. The fourth-order valence-electron chi connectivity index (χ4n) is 1.94. The van der Waals surface area contributed by atoms with Crippen LogP contribution in [0.5, 0.6) is 17.2 Å². The van der Waals surface area contributed by atoms with Crippen LogP contribution in [0.15, 0.2) is 45.3 Å². The van der Waals surface area contributed by atoms with E-state index in [0.717, 1.165) is 4.47 Å². The summed E-state index contributed by atoms with van der Waals surface area (Å²) >= 11 is 6.64. The van der Waals surface area contributed by atoms with Gasteiger partial charge in [0.05, 0.1) is 22.7 Å². The number of ether oxygens (including phenoxy) is 3. The molecule has 0 spiro atoms. The predicted octanol–water partition coefficient (Wildman–Crippen LogP) is 4.85. The van der Waals surface area contributed by atoms with Gasteiger partial charge in [0.2, 0.25) is 0 Å². The second kappa shape index (κ2) is 8.88. The van der Waals surface area contributed by atoms with Crippen molar-refractivity contribution in [1.82, 2.24) is 0 Å². The fraction of sp³-hybridized carbons (Fsp3) is 0.222. The maximum atomic E-state index is 12.3. The molecule has 1 unspecified atom stereocenters. The zero-order chi connectivity index (χ0) is 18.4. The molecule has 0 heterocycles. The Kier molecular flexibility index (Phi) is 6.85. The van der Waals surface area contributed by atoms with Gasteiger partial charge in [-0.2, -0.15) is 5.26 Å². The number of benzene rings is 2. The third-order valence-corrected chi connectivity index (χ3v) is 4.22. The summed E-state index contributed by atoms with van der Waals surface area (Å²) in [5.41, 5.74) is 0.397. The summed E-state index contributed by atoms with van der Waals surface area (Å²) in [5, 5.41) is 9.04. The van der Waals surface area contributed by atoms with Crippen molar-refractivity contribution in [1.29, 1.82) is 5.26 Å². The first-order chi connectivity index (χ1) is 11.9. The van der Waals surface area contributed by atoms with E-state index < -0.39 is 12.1 Å². The zero-order valence-corrected chi connectivity index (χ0v) is 16.8. The van der Waals surface area contributed by atoms with E-state index in [4.69, 9.17) is 19.5 Å². The van der Waals surface area contributed by atoms with Crippen molar-refractivity contribution >= 4 is 37.8 Å². The van der Waals surface area contributed by atoms with E-state index in [1.54, 1.807) is 32.0 Å². The minimum atomic E-state index is -0.821. The standard InChI is InChI=1S/C18H15Br2NO4/c1-3-23-16-9-12(10-21)8-15(20)17(16)25-18(22)11(2)24-14-6-4-13(19)5-7-14/h4-9,11H,3H2,1-2H3. The molecule has 7 heteroatoms. The highest BCUT2D eigenvalue weighted by molar-refractivity contribution is 9.10. The number of carbonyl (C=O) groups excluding carboxylic acids is 1. The number of halogens is 2. The Morgan fingerprint density at radius 1 is 1.24 bits per heavy atom. The Hall–Kier alpha value is -2.04. The molecule has 0 fully saturated rings. The Morgan fingerprint density at radius 3 is 2.52 bits per heavy atom. The molecule has 0 saturated heterocycles. The molecule has 0 aromatic heterocycles. The van der Waals surface area contributed by atoms with E-state index in [1.807, 2.05) is 18.2 Å². The van der Waals surface area contributed by atoms with E-state index in [9.17, 15) is 4.79 Å². The summed E-state index contributed by atoms with van der Waals surface area (Å²) in [6, 6.07) is 12.2. The number of rotatable bonds is 6. The quantitative estimate of drug-likeness (QED) is 0.447. The Balaban J connectivity index is 2.16. The van der Waals surface area contributed by atoms with Crippen LogP contribution in [0.3, 0.4) is 0 Å². The molecule has 0 N–H and O–H groups in total. The third-order valence-electron chi connectivity index (χ3n) is 3.10. The van der Waals surface area contributed by atoms with Crippen LogP contribution in [0.2, 0.25) is 0 Å². The van der Waals surface area contributed by atoms with E-state index in [0.29, 0.717) is 28.1 Å². The number of hydrogen-bond acceptors (Lipinski definition) is 5. The average Bonchev–Trinajstić information content (AvgIpc) is 2.59. The van der Waals surface area contributed by atoms with Gasteiger partial charge in [-0.1, -0.05) is 15.9 Å². The number of nitrogens with zero attached hydrogens (tertiary/aromatic N) is 1. The molecule has 2 aromatic rings. The summed E-state index contributed by atoms with van der Waals surface area (Å²) in [6.45, 7) is 3.77. The molecular weight excluding hydrogens is 454 g/mol. The molecule has 0 saturated carbocycles. The minimum Gasteiger partial charge on any atom is -0.490 e. The Labute approximate surface area is 162 Å². The van der Waals surface area contributed by atoms with Crippen LogP contribution in [0.1, 0.15) is 19.4 Å². The van der Waals surface area contributed by atoms with E-state index >= 15 is 0 Å². The highest BCUT2D eigenvalue weighted by Crippen LogP contribution is 2.37. The smallest absolute Gasteiger partial charge is 0.352 e. The predicted molar refractivity (Wildman–Crippen MR) is 99.9 cm³/mol. The zero-order valence-electron chi connectivity index (χ0n) is 13.6. The molecule has 0 aliphatic rings. The van der Waals surface area contributed by atoms with E-state index in [1.165, 1.54) is 6.07 Å². The SMILES string of the molecule is CCOc1cc(C#N)cc(Br)c1OC(=O)C(C)Oc1ccc(Br)cc1. The molecule has 25 heavy (non-hydrogen) atoms. The van der Waals surface area contributed by atoms with Crippen molar-refractivity contribution in [2.75, 3.05) is 6.61 Å². The maximum Gasteiger partial charge on any atom is 0.352 e. The molecule has 0 amide bonds. The normalized spacial score (nSPS) is 11.3. The highest BCUT2D eigenvalue weighted by atomic mass is 79.9. The van der Waals surface area contributed by atoms with E-state index in [-0.39, 0.29) is 5.75 Å².